The topological polar surface area (TPSA) is 50.2 Å². The number of hydrogen-bond donors (Lipinski definition) is 1. The van der Waals surface area contributed by atoms with Crippen LogP contribution < -0.4 is 5.32 Å². The van der Waals surface area contributed by atoms with Gasteiger partial charge in [0.15, 0.2) is 0 Å². The number of piperazine rings is 1. The molecule has 2 heterocycles. The maximum atomic E-state index is 12.5. The highest BCUT2D eigenvalue weighted by atomic mass is 35.5. The van der Waals surface area contributed by atoms with Crippen LogP contribution in [-0.4, -0.2) is 46.8 Å². The highest BCUT2D eigenvalue weighted by molar-refractivity contribution is 6.30. The summed E-state index contributed by atoms with van der Waals surface area (Å²) in [7, 11) is 0. The molecule has 3 rings (SSSR count). The Morgan fingerprint density at radius 3 is 2.52 bits per heavy atom. The number of nitrogens with zero attached hydrogens (tertiary/aromatic N) is 3. The largest absolute Gasteiger partial charge is 0.340 e. The Hall–Kier alpha value is -1.85. The molecule has 5 nitrogen and oxygen atoms in total. The van der Waals surface area contributed by atoms with Crippen molar-refractivity contribution in [3.63, 3.8) is 0 Å². The zero-order valence-electron chi connectivity index (χ0n) is 13.5. The summed E-state index contributed by atoms with van der Waals surface area (Å²) in [6.45, 7) is 7.26. The first-order valence-corrected chi connectivity index (χ1v) is 8.23. The summed E-state index contributed by atoms with van der Waals surface area (Å²) in [5.74, 6) is 0.174. The second-order valence-corrected chi connectivity index (χ2v) is 6.28. The van der Waals surface area contributed by atoms with Crippen LogP contribution in [0.3, 0.4) is 0 Å². The van der Waals surface area contributed by atoms with E-state index in [0.29, 0.717) is 11.4 Å². The van der Waals surface area contributed by atoms with Gasteiger partial charge in [-0.15, -0.1) is 0 Å². The number of aromatic nitrogens is 2. The summed E-state index contributed by atoms with van der Waals surface area (Å²) in [4.78, 5) is 14.4. The first-order chi connectivity index (χ1) is 11.1. The van der Waals surface area contributed by atoms with E-state index in [-0.39, 0.29) is 5.91 Å². The predicted octanol–water partition coefficient (Wildman–Crippen LogP) is 2.12. The van der Waals surface area contributed by atoms with Crippen molar-refractivity contribution in [1.29, 1.82) is 0 Å². The molecule has 0 unspecified atom stereocenters. The van der Waals surface area contributed by atoms with Gasteiger partial charge >= 0.3 is 0 Å². The fraction of sp³-hybridized carbons (Fsp3) is 0.412. The van der Waals surface area contributed by atoms with Gasteiger partial charge in [-0.3, -0.25) is 4.79 Å². The van der Waals surface area contributed by atoms with Crippen LogP contribution in [0, 0.1) is 13.8 Å². The van der Waals surface area contributed by atoms with Crippen LogP contribution in [0.4, 0.5) is 0 Å². The lowest BCUT2D eigenvalue weighted by Gasteiger charge is -2.27. The third-order valence-electron chi connectivity index (χ3n) is 4.31. The highest BCUT2D eigenvalue weighted by Crippen LogP contribution is 2.20. The molecule has 1 aromatic heterocycles. The van der Waals surface area contributed by atoms with Gasteiger partial charge in [-0.25, -0.2) is 4.68 Å². The fourth-order valence-electron chi connectivity index (χ4n) is 2.94. The summed E-state index contributed by atoms with van der Waals surface area (Å²) in [5, 5.41) is 8.56. The first-order valence-electron chi connectivity index (χ1n) is 7.86. The molecule has 1 N–H and O–H groups in total. The van der Waals surface area contributed by atoms with Crippen molar-refractivity contribution in [2.24, 2.45) is 0 Å². The van der Waals surface area contributed by atoms with Crippen LogP contribution in [0.5, 0.6) is 0 Å². The molecule has 0 aliphatic carbocycles. The van der Waals surface area contributed by atoms with Gasteiger partial charge in [0, 0.05) is 42.5 Å². The Morgan fingerprint density at radius 2 is 1.87 bits per heavy atom. The number of benzene rings is 1. The Morgan fingerprint density at radius 1 is 1.22 bits per heavy atom. The maximum absolute atomic E-state index is 12.5. The van der Waals surface area contributed by atoms with E-state index in [1.807, 2.05) is 47.7 Å². The van der Waals surface area contributed by atoms with Crippen molar-refractivity contribution in [3.8, 4) is 5.69 Å². The average molecular weight is 333 g/mol. The number of carbonyl (C=O) groups is 1. The van der Waals surface area contributed by atoms with E-state index in [1.165, 1.54) is 0 Å². The monoisotopic (exact) mass is 332 g/mol. The highest BCUT2D eigenvalue weighted by Gasteiger charge is 2.21. The third kappa shape index (κ3) is 3.41. The van der Waals surface area contributed by atoms with Crippen LogP contribution in [0.2, 0.25) is 5.02 Å². The lowest BCUT2D eigenvalue weighted by atomic mass is 10.1. The number of rotatable bonds is 3. The van der Waals surface area contributed by atoms with Crippen molar-refractivity contribution in [2.45, 2.75) is 20.3 Å². The van der Waals surface area contributed by atoms with Crippen molar-refractivity contribution in [3.05, 3.63) is 46.2 Å². The minimum atomic E-state index is 0.174. The molecule has 122 valence electrons. The van der Waals surface area contributed by atoms with Crippen LogP contribution in [-0.2, 0) is 11.2 Å². The zero-order chi connectivity index (χ0) is 16.4. The summed E-state index contributed by atoms with van der Waals surface area (Å²) in [6.07, 6.45) is 0.408. The molecule has 2 aromatic rings. The minimum Gasteiger partial charge on any atom is -0.340 e. The lowest BCUT2D eigenvalue weighted by Crippen LogP contribution is -2.47. The lowest BCUT2D eigenvalue weighted by molar-refractivity contribution is -0.131. The van der Waals surface area contributed by atoms with Gasteiger partial charge in [0.05, 0.1) is 17.8 Å². The van der Waals surface area contributed by atoms with Gasteiger partial charge in [0.25, 0.3) is 0 Å². The molecule has 0 bridgehead atoms. The van der Waals surface area contributed by atoms with Gasteiger partial charge in [-0.1, -0.05) is 11.6 Å². The second kappa shape index (κ2) is 6.72. The van der Waals surface area contributed by atoms with E-state index in [9.17, 15) is 4.79 Å². The van der Waals surface area contributed by atoms with Gasteiger partial charge in [-0.2, -0.15) is 5.10 Å². The van der Waals surface area contributed by atoms with E-state index < -0.39 is 0 Å². The zero-order valence-corrected chi connectivity index (χ0v) is 14.2. The summed E-state index contributed by atoms with van der Waals surface area (Å²) < 4.78 is 1.88. The molecule has 1 amide bonds. The number of carbonyl (C=O) groups excluding carboxylic acids is 1. The number of amides is 1. The van der Waals surface area contributed by atoms with Gasteiger partial charge in [0.1, 0.15) is 0 Å². The van der Waals surface area contributed by atoms with E-state index in [4.69, 9.17) is 11.6 Å². The van der Waals surface area contributed by atoms with Gasteiger partial charge < -0.3 is 10.2 Å². The molecule has 0 radical (unpaired) electrons. The van der Waals surface area contributed by atoms with Crippen molar-refractivity contribution >= 4 is 17.5 Å². The molecule has 0 spiro atoms. The molecule has 0 atom stereocenters. The number of hydrogen-bond acceptors (Lipinski definition) is 3. The van der Waals surface area contributed by atoms with Gasteiger partial charge in [0.2, 0.25) is 5.91 Å². The van der Waals surface area contributed by atoms with Crippen molar-refractivity contribution < 1.29 is 4.79 Å². The van der Waals surface area contributed by atoms with Crippen LogP contribution in [0.1, 0.15) is 17.0 Å². The molecule has 23 heavy (non-hydrogen) atoms. The SMILES string of the molecule is Cc1nn(-c2ccc(Cl)cc2)c(C)c1CC(=O)N1CCNCC1. The molecule has 6 heteroatoms. The molecule has 1 saturated heterocycles. The normalized spacial score (nSPS) is 15.0. The van der Waals surface area contributed by atoms with Crippen LogP contribution >= 0.6 is 11.6 Å². The molecule has 1 aromatic carbocycles. The molecule has 1 fully saturated rings. The number of aryl methyl sites for hydroxylation is 1. The summed E-state index contributed by atoms with van der Waals surface area (Å²) >= 11 is 5.95. The Labute approximate surface area is 141 Å². The third-order valence-corrected chi connectivity index (χ3v) is 4.56. The van der Waals surface area contributed by atoms with E-state index in [0.717, 1.165) is 48.8 Å². The second-order valence-electron chi connectivity index (χ2n) is 5.85. The van der Waals surface area contributed by atoms with Crippen LogP contribution in [0.15, 0.2) is 24.3 Å². The van der Waals surface area contributed by atoms with E-state index in [1.54, 1.807) is 0 Å². The molecular formula is C17H21ClN4O. The Bertz CT molecular complexity index is 702. The van der Waals surface area contributed by atoms with Crippen molar-refractivity contribution in [2.75, 3.05) is 26.2 Å². The quantitative estimate of drug-likeness (QED) is 0.936. The van der Waals surface area contributed by atoms with Crippen LogP contribution in [0.25, 0.3) is 5.69 Å². The Kier molecular flexibility index (Phi) is 4.68. The standard InChI is InChI=1S/C17H21ClN4O/c1-12-16(11-17(23)21-9-7-19-8-10-21)13(2)22(20-12)15-5-3-14(18)4-6-15/h3-6,19H,7-11H2,1-2H3. The van der Waals surface area contributed by atoms with E-state index >= 15 is 0 Å². The summed E-state index contributed by atoms with van der Waals surface area (Å²) in [6, 6.07) is 7.56. The summed E-state index contributed by atoms with van der Waals surface area (Å²) in [5.41, 5.74) is 3.88. The molecule has 1 aliphatic rings. The average Bonchev–Trinajstić information content (AvgIpc) is 2.84. The molecule has 1 aliphatic heterocycles. The smallest absolute Gasteiger partial charge is 0.227 e. The minimum absolute atomic E-state index is 0.174. The van der Waals surface area contributed by atoms with Crippen molar-refractivity contribution in [1.82, 2.24) is 20.0 Å². The first kappa shape index (κ1) is 16.0. The molecule has 0 saturated carbocycles. The van der Waals surface area contributed by atoms with E-state index in [2.05, 4.69) is 10.4 Å². The fourth-order valence-corrected chi connectivity index (χ4v) is 3.07. The Balaban J connectivity index is 1.83. The molecular weight excluding hydrogens is 312 g/mol. The number of nitrogens with one attached hydrogen (secondary N) is 1. The maximum Gasteiger partial charge on any atom is 0.227 e. The predicted molar refractivity (Wildman–Crippen MR) is 91.2 cm³/mol. The number of halogens is 1. The van der Waals surface area contributed by atoms with Gasteiger partial charge in [-0.05, 0) is 38.1 Å².